The minimum absolute atomic E-state index is 0.00135. The fourth-order valence-electron chi connectivity index (χ4n) is 3.62. The summed E-state index contributed by atoms with van der Waals surface area (Å²) >= 11 is 0. The van der Waals surface area contributed by atoms with Gasteiger partial charge in [-0.05, 0) is 44.0 Å². The molecule has 2 heterocycles. The summed E-state index contributed by atoms with van der Waals surface area (Å²) < 4.78 is 5.51. The van der Waals surface area contributed by atoms with Crippen LogP contribution in [0.3, 0.4) is 0 Å². The summed E-state index contributed by atoms with van der Waals surface area (Å²) in [4.78, 5) is 21.5. The second kappa shape index (κ2) is 7.47. The molecular weight excluding hydrogens is 340 g/mol. The smallest absolute Gasteiger partial charge is 0.251 e. The first kappa shape index (κ1) is 17.6. The molecule has 1 aromatic carbocycles. The molecule has 2 fully saturated rings. The monoisotopic (exact) mass is 366 g/mol. The Labute approximate surface area is 160 Å². The predicted octanol–water partition coefficient (Wildman–Crippen LogP) is 2.70. The summed E-state index contributed by atoms with van der Waals surface area (Å²) in [5.41, 5.74) is 1.81. The van der Waals surface area contributed by atoms with Crippen molar-refractivity contribution in [1.82, 2.24) is 10.3 Å². The van der Waals surface area contributed by atoms with Gasteiger partial charge >= 0.3 is 0 Å². The summed E-state index contributed by atoms with van der Waals surface area (Å²) in [7, 11) is 1.71. The van der Waals surface area contributed by atoms with E-state index in [1.54, 1.807) is 19.4 Å². The first-order valence-corrected chi connectivity index (χ1v) is 9.57. The van der Waals surface area contributed by atoms with Crippen LogP contribution < -0.4 is 19.9 Å². The Balaban J connectivity index is 1.47. The number of methoxy groups -OCH3 is 1. The molecule has 1 atom stereocenters. The number of carbonyl (C=O) groups is 1. The van der Waals surface area contributed by atoms with Gasteiger partial charge in [0.25, 0.3) is 5.91 Å². The van der Waals surface area contributed by atoms with Crippen molar-refractivity contribution in [2.45, 2.75) is 31.8 Å². The highest BCUT2D eigenvalue weighted by Crippen LogP contribution is 2.30. The number of benzene rings is 1. The largest absolute Gasteiger partial charge is 0.495 e. The zero-order valence-corrected chi connectivity index (χ0v) is 15.9. The van der Waals surface area contributed by atoms with Gasteiger partial charge in [0.1, 0.15) is 11.6 Å². The number of nitrogens with one attached hydrogen (secondary N) is 1. The van der Waals surface area contributed by atoms with E-state index in [0.29, 0.717) is 11.6 Å². The molecule has 142 valence electrons. The molecule has 2 aliphatic rings. The molecular formula is C21H26N4O2. The van der Waals surface area contributed by atoms with Crippen LogP contribution in [0.2, 0.25) is 0 Å². The number of nitrogens with zero attached hydrogens (tertiary/aromatic N) is 3. The highest BCUT2D eigenvalue weighted by molar-refractivity contribution is 5.95. The molecule has 1 N–H and O–H groups in total. The number of carbonyl (C=O) groups excluding carboxylic acids is 1. The number of para-hydroxylation sites is 2. The number of hydrogen-bond donors (Lipinski definition) is 1. The lowest BCUT2D eigenvalue weighted by molar-refractivity contribution is 0.0951. The SMILES string of the molecule is COc1ccccc1N1CCN(c2cc(C(=O)NC3CC3)ccn2)C(C)C1. The lowest BCUT2D eigenvalue weighted by atomic mass is 10.1. The van der Waals surface area contributed by atoms with Crippen LogP contribution in [0.25, 0.3) is 0 Å². The van der Waals surface area contributed by atoms with Gasteiger partial charge in [-0.15, -0.1) is 0 Å². The Morgan fingerprint density at radius 1 is 1.22 bits per heavy atom. The Morgan fingerprint density at radius 3 is 2.78 bits per heavy atom. The van der Waals surface area contributed by atoms with Crippen molar-refractivity contribution < 1.29 is 9.53 Å². The quantitative estimate of drug-likeness (QED) is 0.882. The second-order valence-electron chi connectivity index (χ2n) is 7.31. The predicted molar refractivity (Wildman–Crippen MR) is 107 cm³/mol. The molecule has 1 saturated heterocycles. The van der Waals surface area contributed by atoms with Gasteiger partial charge in [0.15, 0.2) is 0 Å². The molecule has 2 aromatic rings. The lowest BCUT2D eigenvalue weighted by Crippen LogP contribution is -2.52. The van der Waals surface area contributed by atoms with Gasteiger partial charge < -0.3 is 19.9 Å². The molecule has 6 heteroatoms. The van der Waals surface area contributed by atoms with Crippen LogP contribution in [0.1, 0.15) is 30.1 Å². The minimum Gasteiger partial charge on any atom is -0.495 e. The molecule has 0 bridgehead atoms. The molecule has 6 nitrogen and oxygen atoms in total. The topological polar surface area (TPSA) is 57.7 Å². The standard InChI is InChI=1S/C21H26N4O2/c1-15-14-24(18-5-3-4-6-19(18)27-2)11-12-25(15)20-13-16(9-10-22-20)21(26)23-17-7-8-17/h3-6,9-10,13,15,17H,7-8,11-12,14H2,1-2H3,(H,23,26). The molecule has 1 unspecified atom stereocenters. The maximum atomic E-state index is 12.3. The number of piperazine rings is 1. The van der Waals surface area contributed by atoms with Crippen LogP contribution >= 0.6 is 0 Å². The fourth-order valence-corrected chi connectivity index (χ4v) is 3.62. The van der Waals surface area contributed by atoms with Crippen molar-refractivity contribution in [3.05, 3.63) is 48.2 Å². The van der Waals surface area contributed by atoms with E-state index in [9.17, 15) is 4.79 Å². The van der Waals surface area contributed by atoms with Crippen molar-refractivity contribution in [1.29, 1.82) is 0 Å². The number of rotatable bonds is 5. The first-order chi connectivity index (χ1) is 13.2. The number of hydrogen-bond acceptors (Lipinski definition) is 5. The molecule has 0 spiro atoms. The van der Waals surface area contributed by atoms with Crippen LogP contribution in [0.4, 0.5) is 11.5 Å². The van der Waals surface area contributed by atoms with Gasteiger partial charge in [-0.25, -0.2) is 4.98 Å². The van der Waals surface area contributed by atoms with E-state index < -0.39 is 0 Å². The van der Waals surface area contributed by atoms with E-state index in [1.165, 1.54) is 0 Å². The van der Waals surface area contributed by atoms with Gasteiger partial charge in [-0.1, -0.05) is 12.1 Å². The van der Waals surface area contributed by atoms with Crippen LogP contribution in [-0.2, 0) is 0 Å². The third-order valence-corrected chi connectivity index (χ3v) is 5.27. The van der Waals surface area contributed by atoms with Gasteiger partial charge in [-0.3, -0.25) is 4.79 Å². The summed E-state index contributed by atoms with van der Waals surface area (Å²) in [5.74, 6) is 1.77. The van der Waals surface area contributed by atoms with E-state index in [2.05, 4.69) is 33.1 Å². The molecule has 1 aliphatic heterocycles. The van der Waals surface area contributed by atoms with Crippen molar-refractivity contribution in [2.75, 3.05) is 36.5 Å². The van der Waals surface area contributed by atoms with E-state index in [4.69, 9.17) is 4.74 Å². The first-order valence-electron chi connectivity index (χ1n) is 9.57. The van der Waals surface area contributed by atoms with E-state index in [-0.39, 0.29) is 11.9 Å². The summed E-state index contributed by atoms with van der Waals surface area (Å²) in [6.45, 7) is 4.80. The molecule has 1 aliphatic carbocycles. The molecule has 4 rings (SSSR count). The second-order valence-corrected chi connectivity index (χ2v) is 7.31. The van der Waals surface area contributed by atoms with Crippen molar-refractivity contribution in [2.24, 2.45) is 0 Å². The van der Waals surface area contributed by atoms with Gasteiger partial charge in [0.2, 0.25) is 0 Å². The zero-order chi connectivity index (χ0) is 18.8. The van der Waals surface area contributed by atoms with E-state index in [0.717, 1.165) is 49.7 Å². The van der Waals surface area contributed by atoms with Crippen LogP contribution in [0.5, 0.6) is 5.75 Å². The van der Waals surface area contributed by atoms with Crippen molar-refractivity contribution >= 4 is 17.4 Å². The Bertz CT molecular complexity index is 821. The summed E-state index contributed by atoms with van der Waals surface area (Å²) in [5, 5.41) is 3.05. The van der Waals surface area contributed by atoms with Crippen LogP contribution in [0.15, 0.2) is 42.6 Å². The summed E-state index contributed by atoms with van der Waals surface area (Å²) in [6.07, 6.45) is 3.91. The highest BCUT2D eigenvalue weighted by Gasteiger charge is 2.27. The number of aromatic nitrogens is 1. The maximum Gasteiger partial charge on any atom is 0.251 e. The number of amides is 1. The third-order valence-electron chi connectivity index (χ3n) is 5.27. The van der Waals surface area contributed by atoms with Crippen LogP contribution in [-0.4, -0.2) is 49.7 Å². The fraction of sp³-hybridized carbons (Fsp3) is 0.429. The number of pyridine rings is 1. The lowest BCUT2D eigenvalue weighted by Gasteiger charge is -2.42. The maximum absolute atomic E-state index is 12.3. The highest BCUT2D eigenvalue weighted by atomic mass is 16.5. The molecule has 1 amide bonds. The van der Waals surface area contributed by atoms with Crippen molar-refractivity contribution in [3.63, 3.8) is 0 Å². The van der Waals surface area contributed by atoms with Crippen LogP contribution in [0, 0.1) is 0 Å². The number of anilines is 2. The Morgan fingerprint density at radius 2 is 2.04 bits per heavy atom. The van der Waals surface area contributed by atoms with Gasteiger partial charge in [0, 0.05) is 43.5 Å². The summed E-state index contributed by atoms with van der Waals surface area (Å²) in [6, 6.07) is 12.5. The normalized spacial score (nSPS) is 19.7. The number of ether oxygens (including phenoxy) is 1. The molecule has 1 saturated carbocycles. The third kappa shape index (κ3) is 3.84. The molecule has 0 radical (unpaired) electrons. The van der Waals surface area contributed by atoms with Gasteiger partial charge in [0.05, 0.1) is 12.8 Å². The van der Waals surface area contributed by atoms with Crippen molar-refractivity contribution in [3.8, 4) is 5.75 Å². The zero-order valence-electron chi connectivity index (χ0n) is 15.9. The minimum atomic E-state index is 0.00135. The average Bonchev–Trinajstić information content (AvgIpc) is 3.52. The Kier molecular flexibility index (Phi) is 4.88. The Hall–Kier alpha value is -2.76. The van der Waals surface area contributed by atoms with E-state index >= 15 is 0 Å². The average molecular weight is 366 g/mol. The molecule has 27 heavy (non-hydrogen) atoms. The molecule has 1 aromatic heterocycles. The van der Waals surface area contributed by atoms with Gasteiger partial charge in [-0.2, -0.15) is 0 Å². The van der Waals surface area contributed by atoms with E-state index in [1.807, 2.05) is 24.3 Å².